The number of aliphatic hydroxyl groups is 1. The smallest absolute Gasteiger partial charge is 0.300 e. The third kappa shape index (κ3) is 3.67. The molecule has 3 aromatic rings. The van der Waals surface area contributed by atoms with Crippen LogP contribution in [0.4, 0.5) is 5.69 Å². The largest absolute Gasteiger partial charge is 0.507 e. The molecule has 1 saturated heterocycles. The van der Waals surface area contributed by atoms with Gasteiger partial charge in [-0.25, -0.2) is 0 Å². The second-order valence-electron chi connectivity index (χ2n) is 7.00. The molecular weight excluding hydrogens is 432 g/mol. The Labute approximate surface area is 189 Å². The molecule has 0 aliphatic carbocycles. The van der Waals surface area contributed by atoms with E-state index in [-0.39, 0.29) is 11.3 Å². The van der Waals surface area contributed by atoms with Crippen LogP contribution in [0.15, 0.2) is 72.6 Å². The van der Waals surface area contributed by atoms with Gasteiger partial charge in [0, 0.05) is 28.7 Å². The monoisotopic (exact) mass is 450 g/mol. The molecule has 0 bridgehead atoms. The maximum Gasteiger partial charge on any atom is 0.300 e. The van der Waals surface area contributed by atoms with Crippen molar-refractivity contribution in [2.45, 2.75) is 6.04 Å². The van der Waals surface area contributed by atoms with Gasteiger partial charge in [0.05, 0.1) is 25.8 Å². The summed E-state index contributed by atoms with van der Waals surface area (Å²) in [6.45, 7) is 0. The van der Waals surface area contributed by atoms with E-state index in [1.54, 1.807) is 67.0 Å². The number of halogens is 1. The molecule has 162 valence electrons. The van der Waals surface area contributed by atoms with E-state index in [1.165, 1.54) is 19.1 Å². The van der Waals surface area contributed by atoms with Gasteiger partial charge in [-0.2, -0.15) is 0 Å². The summed E-state index contributed by atoms with van der Waals surface area (Å²) in [5.41, 5.74) is 1.30. The van der Waals surface area contributed by atoms with E-state index in [0.717, 1.165) is 0 Å². The highest BCUT2D eigenvalue weighted by Gasteiger charge is 2.47. The summed E-state index contributed by atoms with van der Waals surface area (Å²) >= 11 is 6.00. The van der Waals surface area contributed by atoms with Crippen molar-refractivity contribution >= 4 is 34.7 Å². The lowest BCUT2D eigenvalue weighted by Gasteiger charge is -2.25. The van der Waals surface area contributed by atoms with E-state index in [9.17, 15) is 14.7 Å². The van der Waals surface area contributed by atoms with E-state index < -0.39 is 17.7 Å². The molecule has 1 N–H and O–H groups in total. The summed E-state index contributed by atoms with van der Waals surface area (Å²) in [5.74, 6) is -1.05. The number of pyridine rings is 1. The molecule has 1 amide bonds. The highest BCUT2D eigenvalue weighted by atomic mass is 35.5. The summed E-state index contributed by atoms with van der Waals surface area (Å²) in [6.07, 6.45) is 3.15. The lowest BCUT2D eigenvalue weighted by atomic mass is 9.96. The number of rotatable bonds is 5. The Morgan fingerprint density at radius 3 is 2.38 bits per heavy atom. The molecule has 32 heavy (non-hydrogen) atoms. The number of aromatic nitrogens is 1. The van der Waals surface area contributed by atoms with Crippen LogP contribution < -0.4 is 14.4 Å². The number of amides is 1. The first kappa shape index (κ1) is 21.4. The third-order valence-corrected chi connectivity index (χ3v) is 5.46. The molecule has 0 radical (unpaired) electrons. The number of hydrogen-bond acceptors (Lipinski definition) is 6. The summed E-state index contributed by atoms with van der Waals surface area (Å²) in [5, 5.41) is 11.7. The van der Waals surface area contributed by atoms with Crippen LogP contribution in [0.1, 0.15) is 17.2 Å². The Bertz CT molecular complexity index is 1210. The van der Waals surface area contributed by atoms with Gasteiger partial charge in [-0.3, -0.25) is 19.5 Å². The molecule has 0 saturated carbocycles. The van der Waals surface area contributed by atoms with Crippen molar-refractivity contribution in [1.82, 2.24) is 4.98 Å². The van der Waals surface area contributed by atoms with Gasteiger partial charge in [0.2, 0.25) is 0 Å². The van der Waals surface area contributed by atoms with Gasteiger partial charge < -0.3 is 14.6 Å². The van der Waals surface area contributed by atoms with Crippen LogP contribution in [-0.4, -0.2) is 36.0 Å². The second kappa shape index (κ2) is 8.72. The lowest BCUT2D eigenvalue weighted by molar-refractivity contribution is -0.132. The van der Waals surface area contributed by atoms with Gasteiger partial charge in [-0.15, -0.1) is 0 Å². The maximum absolute atomic E-state index is 13.1. The highest BCUT2D eigenvalue weighted by molar-refractivity contribution is 6.51. The van der Waals surface area contributed by atoms with E-state index in [4.69, 9.17) is 21.1 Å². The predicted molar refractivity (Wildman–Crippen MR) is 120 cm³/mol. The second-order valence-corrected chi connectivity index (χ2v) is 7.44. The number of carbonyl (C=O) groups excluding carboxylic acids is 2. The molecule has 1 fully saturated rings. The SMILES string of the molecule is COc1ccc(/C(O)=C2/C(=O)C(=O)N(c3ccc(Cl)cc3)C2c2cccnc2)cc1OC. The zero-order valence-corrected chi connectivity index (χ0v) is 18.0. The molecule has 2 aromatic carbocycles. The van der Waals surface area contributed by atoms with Crippen molar-refractivity contribution in [2.75, 3.05) is 19.1 Å². The standard InChI is InChI=1S/C24H19ClN2O5/c1-31-18-10-5-14(12-19(18)32-2)22(28)20-21(15-4-3-11-26-13-15)27(24(30)23(20)29)17-8-6-16(25)7-9-17/h3-13,21,28H,1-2H3/b22-20-. The molecule has 1 aliphatic heterocycles. The van der Waals surface area contributed by atoms with Crippen molar-refractivity contribution < 1.29 is 24.2 Å². The molecule has 2 heterocycles. The quantitative estimate of drug-likeness (QED) is 0.352. The van der Waals surface area contributed by atoms with Crippen LogP contribution in [0.5, 0.6) is 11.5 Å². The van der Waals surface area contributed by atoms with Crippen molar-refractivity contribution in [2.24, 2.45) is 0 Å². The van der Waals surface area contributed by atoms with Crippen molar-refractivity contribution in [3.63, 3.8) is 0 Å². The number of methoxy groups -OCH3 is 2. The fourth-order valence-corrected chi connectivity index (χ4v) is 3.82. The van der Waals surface area contributed by atoms with E-state index in [0.29, 0.717) is 33.3 Å². The number of ketones is 1. The van der Waals surface area contributed by atoms with Crippen LogP contribution >= 0.6 is 11.6 Å². The van der Waals surface area contributed by atoms with Crippen LogP contribution in [0.3, 0.4) is 0 Å². The topological polar surface area (TPSA) is 89.0 Å². The molecule has 4 rings (SSSR count). The number of benzene rings is 2. The zero-order chi connectivity index (χ0) is 22.8. The van der Waals surface area contributed by atoms with E-state index in [1.807, 2.05) is 0 Å². The van der Waals surface area contributed by atoms with Gasteiger partial charge in [-0.05, 0) is 54.1 Å². The van der Waals surface area contributed by atoms with E-state index >= 15 is 0 Å². The average Bonchev–Trinajstić information content (AvgIpc) is 3.09. The summed E-state index contributed by atoms with van der Waals surface area (Å²) in [4.78, 5) is 31.7. The highest BCUT2D eigenvalue weighted by Crippen LogP contribution is 2.42. The molecule has 8 heteroatoms. The molecule has 1 atom stereocenters. The van der Waals surface area contributed by atoms with Crippen LogP contribution in [-0.2, 0) is 9.59 Å². The Morgan fingerprint density at radius 2 is 1.75 bits per heavy atom. The summed E-state index contributed by atoms with van der Waals surface area (Å²) in [7, 11) is 2.97. The first-order chi connectivity index (χ1) is 15.5. The zero-order valence-electron chi connectivity index (χ0n) is 17.3. The average molecular weight is 451 g/mol. The van der Waals surface area contributed by atoms with Crippen LogP contribution in [0.25, 0.3) is 5.76 Å². The predicted octanol–water partition coefficient (Wildman–Crippen LogP) is 4.38. The van der Waals surface area contributed by atoms with Crippen LogP contribution in [0.2, 0.25) is 5.02 Å². The minimum Gasteiger partial charge on any atom is -0.507 e. The van der Waals surface area contributed by atoms with Gasteiger partial charge in [0.25, 0.3) is 11.7 Å². The Kier molecular flexibility index (Phi) is 5.83. The molecule has 7 nitrogen and oxygen atoms in total. The normalized spacial score (nSPS) is 17.5. The molecule has 1 unspecified atom stereocenters. The molecular formula is C24H19ClN2O5. The number of Topliss-reactive ketones (excluding diaryl/α,β-unsaturated/α-hetero) is 1. The first-order valence-electron chi connectivity index (χ1n) is 9.65. The first-order valence-corrected chi connectivity index (χ1v) is 10.0. The molecule has 1 aromatic heterocycles. The van der Waals surface area contributed by atoms with Crippen molar-refractivity contribution in [3.05, 3.63) is 88.7 Å². The lowest BCUT2D eigenvalue weighted by Crippen LogP contribution is -2.29. The van der Waals surface area contributed by atoms with Gasteiger partial charge in [0.15, 0.2) is 11.5 Å². The van der Waals surface area contributed by atoms with Crippen molar-refractivity contribution in [3.8, 4) is 11.5 Å². The Hall–Kier alpha value is -3.84. The van der Waals surface area contributed by atoms with E-state index in [2.05, 4.69) is 4.98 Å². The van der Waals surface area contributed by atoms with Gasteiger partial charge in [0.1, 0.15) is 5.76 Å². The molecule has 1 aliphatic rings. The van der Waals surface area contributed by atoms with Gasteiger partial charge >= 0.3 is 0 Å². The Balaban J connectivity index is 1.92. The van der Waals surface area contributed by atoms with Crippen LogP contribution in [0, 0.1) is 0 Å². The minimum atomic E-state index is -0.877. The third-order valence-electron chi connectivity index (χ3n) is 5.21. The van der Waals surface area contributed by atoms with Crippen molar-refractivity contribution in [1.29, 1.82) is 0 Å². The number of anilines is 1. The fourth-order valence-electron chi connectivity index (χ4n) is 3.69. The Morgan fingerprint density at radius 1 is 1.03 bits per heavy atom. The fraction of sp³-hybridized carbons (Fsp3) is 0.125. The number of aliphatic hydroxyl groups excluding tert-OH is 1. The number of carbonyl (C=O) groups is 2. The number of nitrogens with zero attached hydrogens (tertiary/aromatic N) is 2. The maximum atomic E-state index is 13.1. The minimum absolute atomic E-state index is 0.0508. The molecule has 0 spiro atoms. The summed E-state index contributed by atoms with van der Waals surface area (Å²) in [6, 6.07) is 13.9. The summed E-state index contributed by atoms with van der Waals surface area (Å²) < 4.78 is 10.5. The number of ether oxygens (including phenoxy) is 2. The number of hydrogen-bond donors (Lipinski definition) is 1. The van der Waals surface area contributed by atoms with Gasteiger partial charge in [-0.1, -0.05) is 17.7 Å².